The minimum Gasteiger partial charge on any atom is -0.480 e. The van der Waals surface area contributed by atoms with Gasteiger partial charge in [0.25, 0.3) is 0 Å². The topological polar surface area (TPSA) is 66.6 Å². The van der Waals surface area contributed by atoms with E-state index < -0.39 is 11.5 Å². The molecule has 0 bridgehead atoms. The number of likely N-dealkylation sites (tertiary alicyclic amines) is 1. The summed E-state index contributed by atoms with van der Waals surface area (Å²) in [6, 6.07) is 0.537. The first-order chi connectivity index (χ1) is 7.01. The van der Waals surface area contributed by atoms with Crippen molar-refractivity contribution in [2.45, 2.75) is 36.6 Å². The fourth-order valence-electron chi connectivity index (χ4n) is 2.40. The molecule has 2 saturated heterocycles. The number of nitrogens with two attached hydrogens (primary N) is 1. The van der Waals surface area contributed by atoms with Gasteiger partial charge in [-0.2, -0.15) is 11.8 Å². The summed E-state index contributed by atoms with van der Waals surface area (Å²) in [6.07, 6.45) is 1.75. The Morgan fingerprint density at radius 2 is 2.40 bits per heavy atom. The van der Waals surface area contributed by atoms with E-state index in [2.05, 4.69) is 11.8 Å². The third-order valence-electron chi connectivity index (χ3n) is 3.45. The summed E-state index contributed by atoms with van der Waals surface area (Å²) in [5, 5.41) is 9.73. The molecule has 0 aromatic carbocycles. The van der Waals surface area contributed by atoms with E-state index in [1.165, 1.54) is 6.42 Å². The molecule has 3 N–H and O–H groups in total. The SMILES string of the molecule is CC1CC(N2CCC(N)(C(=O)O)C2)CS1. The van der Waals surface area contributed by atoms with Crippen LogP contribution in [0.1, 0.15) is 19.8 Å². The van der Waals surface area contributed by atoms with E-state index in [4.69, 9.17) is 10.8 Å². The van der Waals surface area contributed by atoms with E-state index in [0.717, 1.165) is 12.3 Å². The number of hydrogen-bond acceptors (Lipinski definition) is 4. The number of thioether (sulfide) groups is 1. The van der Waals surface area contributed by atoms with Gasteiger partial charge in [-0.05, 0) is 12.8 Å². The van der Waals surface area contributed by atoms with Gasteiger partial charge in [0.05, 0.1) is 0 Å². The van der Waals surface area contributed by atoms with E-state index >= 15 is 0 Å². The lowest BCUT2D eigenvalue weighted by Crippen LogP contribution is -2.51. The third-order valence-corrected chi connectivity index (χ3v) is 4.79. The standard InChI is InChI=1S/C10H18N2O2S/c1-7-4-8(5-15-7)12-3-2-10(11,6-12)9(13)14/h7-8H,2-6,11H2,1H3,(H,13,14). The summed E-state index contributed by atoms with van der Waals surface area (Å²) in [6.45, 7) is 3.58. The number of aliphatic carboxylic acids is 1. The molecule has 5 heteroatoms. The van der Waals surface area contributed by atoms with E-state index in [-0.39, 0.29) is 0 Å². The number of rotatable bonds is 2. The lowest BCUT2D eigenvalue weighted by atomic mass is 10.0. The van der Waals surface area contributed by atoms with Crippen molar-refractivity contribution in [1.29, 1.82) is 0 Å². The van der Waals surface area contributed by atoms with Gasteiger partial charge >= 0.3 is 5.97 Å². The first-order valence-corrected chi connectivity index (χ1v) is 6.44. The van der Waals surface area contributed by atoms with Gasteiger partial charge in [0.2, 0.25) is 0 Å². The summed E-state index contributed by atoms with van der Waals surface area (Å²) >= 11 is 1.97. The van der Waals surface area contributed by atoms with Crippen molar-refractivity contribution >= 4 is 17.7 Å². The van der Waals surface area contributed by atoms with Gasteiger partial charge < -0.3 is 10.8 Å². The Balaban J connectivity index is 1.95. The first kappa shape index (κ1) is 11.2. The van der Waals surface area contributed by atoms with E-state index in [9.17, 15) is 4.79 Å². The van der Waals surface area contributed by atoms with Crippen LogP contribution in [0.3, 0.4) is 0 Å². The van der Waals surface area contributed by atoms with Crippen LogP contribution in [0.4, 0.5) is 0 Å². The molecule has 2 aliphatic rings. The first-order valence-electron chi connectivity index (χ1n) is 5.39. The van der Waals surface area contributed by atoms with Crippen molar-refractivity contribution in [3.63, 3.8) is 0 Å². The monoisotopic (exact) mass is 230 g/mol. The van der Waals surface area contributed by atoms with Crippen LogP contribution in [0, 0.1) is 0 Å². The Morgan fingerprint density at radius 3 is 2.87 bits per heavy atom. The normalized spacial score (nSPS) is 42.3. The Morgan fingerprint density at radius 1 is 1.67 bits per heavy atom. The highest BCUT2D eigenvalue weighted by molar-refractivity contribution is 8.00. The largest absolute Gasteiger partial charge is 0.480 e. The zero-order valence-electron chi connectivity index (χ0n) is 8.98. The van der Waals surface area contributed by atoms with Gasteiger partial charge in [0, 0.05) is 30.1 Å². The van der Waals surface area contributed by atoms with Crippen molar-refractivity contribution in [2.24, 2.45) is 5.73 Å². The summed E-state index contributed by atoms with van der Waals surface area (Å²) in [7, 11) is 0. The van der Waals surface area contributed by atoms with Crippen molar-refractivity contribution in [2.75, 3.05) is 18.8 Å². The number of hydrogen-bond donors (Lipinski definition) is 2. The molecule has 3 unspecified atom stereocenters. The highest BCUT2D eigenvalue weighted by Crippen LogP contribution is 2.32. The molecule has 4 nitrogen and oxygen atoms in total. The number of carbonyl (C=O) groups is 1. The summed E-state index contributed by atoms with van der Waals surface area (Å²) in [4.78, 5) is 13.2. The zero-order valence-corrected chi connectivity index (χ0v) is 9.80. The molecule has 2 heterocycles. The molecule has 3 atom stereocenters. The van der Waals surface area contributed by atoms with Crippen molar-refractivity contribution in [1.82, 2.24) is 4.90 Å². The van der Waals surface area contributed by atoms with Crippen LogP contribution < -0.4 is 5.73 Å². The quantitative estimate of drug-likeness (QED) is 0.717. The number of carboxylic acid groups (broad SMARTS) is 1. The molecule has 2 aliphatic heterocycles. The Labute approximate surface area is 94.2 Å². The summed E-state index contributed by atoms with van der Waals surface area (Å²) < 4.78 is 0. The fraction of sp³-hybridized carbons (Fsp3) is 0.900. The average Bonchev–Trinajstić information content (AvgIpc) is 2.73. The maximum absolute atomic E-state index is 11.0. The molecule has 0 amide bonds. The minimum atomic E-state index is -1.00. The predicted octanol–water partition coefficient (Wildman–Crippen LogP) is 0.368. The van der Waals surface area contributed by atoms with Gasteiger partial charge in [-0.3, -0.25) is 9.69 Å². The molecule has 15 heavy (non-hydrogen) atoms. The van der Waals surface area contributed by atoms with Crippen LogP contribution in [0.15, 0.2) is 0 Å². The highest BCUT2D eigenvalue weighted by atomic mass is 32.2. The van der Waals surface area contributed by atoms with Crippen LogP contribution in [0.2, 0.25) is 0 Å². The van der Waals surface area contributed by atoms with Gasteiger partial charge in [-0.1, -0.05) is 6.92 Å². The molecule has 2 rings (SSSR count). The molecule has 0 aromatic rings. The number of carboxylic acids is 1. The molecular formula is C10H18N2O2S. The van der Waals surface area contributed by atoms with Crippen LogP contribution in [-0.4, -0.2) is 51.6 Å². The van der Waals surface area contributed by atoms with E-state index in [1.54, 1.807) is 0 Å². The fourth-order valence-corrected chi connectivity index (χ4v) is 3.65. The summed E-state index contributed by atoms with van der Waals surface area (Å²) in [5.74, 6) is 0.264. The Bertz CT molecular complexity index is 274. The highest BCUT2D eigenvalue weighted by Gasteiger charge is 2.44. The minimum absolute atomic E-state index is 0.514. The Hall–Kier alpha value is -0.260. The number of nitrogens with zero attached hydrogens (tertiary/aromatic N) is 1. The molecule has 0 aliphatic carbocycles. The second-order valence-corrected chi connectivity index (χ2v) is 6.19. The van der Waals surface area contributed by atoms with Gasteiger partial charge in [0.1, 0.15) is 5.54 Å². The smallest absolute Gasteiger partial charge is 0.325 e. The maximum Gasteiger partial charge on any atom is 0.325 e. The predicted molar refractivity (Wildman–Crippen MR) is 61.1 cm³/mol. The second kappa shape index (κ2) is 3.96. The van der Waals surface area contributed by atoms with Crippen molar-refractivity contribution in [3.8, 4) is 0 Å². The molecule has 0 radical (unpaired) electrons. The van der Waals surface area contributed by atoms with Crippen LogP contribution >= 0.6 is 11.8 Å². The third kappa shape index (κ3) is 2.14. The lowest BCUT2D eigenvalue weighted by Gasteiger charge is -2.25. The molecule has 0 spiro atoms. The van der Waals surface area contributed by atoms with Gasteiger partial charge in [-0.25, -0.2) is 0 Å². The van der Waals surface area contributed by atoms with Crippen LogP contribution in [0.25, 0.3) is 0 Å². The van der Waals surface area contributed by atoms with Crippen LogP contribution in [-0.2, 0) is 4.79 Å². The van der Waals surface area contributed by atoms with Crippen LogP contribution in [0.5, 0.6) is 0 Å². The summed E-state index contributed by atoms with van der Waals surface area (Å²) in [5.41, 5.74) is 4.84. The zero-order chi connectivity index (χ0) is 11.1. The van der Waals surface area contributed by atoms with E-state index in [1.807, 2.05) is 11.8 Å². The van der Waals surface area contributed by atoms with E-state index in [0.29, 0.717) is 24.3 Å². The molecule has 86 valence electrons. The van der Waals surface area contributed by atoms with Crippen molar-refractivity contribution < 1.29 is 9.90 Å². The average molecular weight is 230 g/mol. The molecule has 0 aromatic heterocycles. The van der Waals surface area contributed by atoms with Crippen molar-refractivity contribution in [3.05, 3.63) is 0 Å². The second-order valence-electron chi connectivity index (χ2n) is 4.72. The Kier molecular flexibility index (Phi) is 2.96. The molecular weight excluding hydrogens is 212 g/mol. The maximum atomic E-state index is 11.0. The lowest BCUT2D eigenvalue weighted by molar-refractivity contribution is -0.142. The van der Waals surface area contributed by atoms with Gasteiger partial charge in [0.15, 0.2) is 0 Å². The van der Waals surface area contributed by atoms with Gasteiger partial charge in [-0.15, -0.1) is 0 Å². The molecule has 0 saturated carbocycles. The molecule has 2 fully saturated rings.